The van der Waals surface area contributed by atoms with E-state index in [-0.39, 0.29) is 18.1 Å². The first-order chi connectivity index (χ1) is 13.4. The Balaban J connectivity index is 1.48. The maximum atomic E-state index is 13.6. The molecular weight excluding hydrogens is 385 g/mol. The van der Waals surface area contributed by atoms with Crippen molar-refractivity contribution in [1.82, 2.24) is 10.9 Å². The van der Waals surface area contributed by atoms with Crippen molar-refractivity contribution in [2.75, 3.05) is 5.32 Å². The average Bonchev–Trinajstić information content (AvgIpc) is 2.68. The number of ether oxygens (including phenoxy) is 1. The van der Waals surface area contributed by atoms with Gasteiger partial charge in [-0.2, -0.15) is 0 Å². The number of hydrazine groups is 1. The van der Waals surface area contributed by atoms with Gasteiger partial charge in [0.1, 0.15) is 0 Å². The third-order valence-electron chi connectivity index (χ3n) is 3.91. The molecule has 3 N–H and O–H groups in total. The standard InChI is InChI=1S/C19H18FN3O4S/c1-11(27-14-8-4-2-6-12(14)20)18(25)23-22-17(24)10-16-19(26)21-13-7-3-5-9-15(13)28-16/h2-9,11,16H,10H2,1H3,(H,21,26)(H,22,24)(H,23,25)/t11-,16-/m1/s1. The van der Waals surface area contributed by atoms with Crippen molar-refractivity contribution >= 4 is 35.2 Å². The van der Waals surface area contributed by atoms with Gasteiger partial charge in [-0.05, 0) is 31.2 Å². The molecule has 146 valence electrons. The van der Waals surface area contributed by atoms with Crippen LogP contribution in [0.4, 0.5) is 10.1 Å². The van der Waals surface area contributed by atoms with Crippen LogP contribution in [0.2, 0.25) is 0 Å². The van der Waals surface area contributed by atoms with E-state index >= 15 is 0 Å². The fourth-order valence-corrected chi connectivity index (χ4v) is 3.57. The molecule has 1 aliphatic rings. The smallest absolute Gasteiger partial charge is 0.279 e. The number of thioether (sulfide) groups is 1. The van der Waals surface area contributed by atoms with E-state index < -0.39 is 29.0 Å². The number of rotatable bonds is 5. The van der Waals surface area contributed by atoms with Gasteiger partial charge >= 0.3 is 0 Å². The molecular formula is C19H18FN3O4S. The fraction of sp³-hybridized carbons (Fsp3) is 0.211. The highest BCUT2D eigenvalue weighted by Crippen LogP contribution is 2.36. The van der Waals surface area contributed by atoms with Crippen molar-refractivity contribution in [1.29, 1.82) is 0 Å². The zero-order valence-electron chi connectivity index (χ0n) is 14.9. The minimum absolute atomic E-state index is 0.0644. The van der Waals surface area contributed by atoms with Gasteiger partial charge in [-0.15, -0.1) is 11.8 Å². The predicted molar refractivity (Wildman–Crippen MR) is 102 cm³/mol. The number of amides is 3. The van der Waals surface area contributed by atoms with E-state index in [9.17, 15) is 18.8 Å². The molecule has 2 aromatic rings. The summed E-state index contributed by atoms with van der Waals surface area (Å²) in [5.74, 6) is -2.11. The van der Waals surface area contributed by atoms with Crippen LogP contribution < -0.4 is 20.9 Å². The second-order valence-corrected chi connectivity index (χ2v) is 7.27. The van der Waals surface area contributed by atoms with E-state index in [4.69, 9.17) is 4.74 Å². The Morgan fingerprint density at radius 3 is 2.68 bits per heavy atom. The highest BCUT2D eigenvalue weighted by atomic mass is 32.2. The fourth-order valence-electron chi connectivity index (χ4n) is 2.46. The van der Waals surface area contributed by atoms with E-state index in [0.29, 0.717) is 5.69 Å². The van der Waals surface area contributed by atoms with Gasteiger partial charge in [0, 0.05) is 11.3 Å². The Morgan fingerprint density at radius 2 is 1.89 bits per heavy atom. The lowest BCUT2D eigenvalue weighted by Gasteiger charge is -2.23. The number of nitrogens with one attached hydrogen (secondary N) is 3. The number of para-hydroxylation sites is 2. The Hall–Kier alpha value is -3.07. The van der Waals surface area contributed by atoms with Gasteiger partial charge in [-0.3, -0.25) is 25.2 Å². The van der Waals surface area contributed by atoms with Crippen LogP contribution in [0.15, 0.2) is 53.4 Å². The summed E-state index contributed by atoms with van der Waals surface area (Å²) >= 11 is 1.29. The van der Waals surface area contributed by atoms with Crippen LogP contribution in [0, 0.1) is 5.82 Å². The van der Waals surface area contributed by atoms with Crippen LogP contribution in [0.1, 0.15) is 13.3 Å². The van der Waals surface area contributed by atoms with E-state index in [1.165, 1.54) is 36.9 Å². The second kappa shape index (κ2) is 8.75. The average molecular weight is 403 g/mol. The van der Waals surface area contributed by atoms with Crippen molar-refractivity contribution in [3.63, 3.8) is 0 Å². The van der Waals surface area contributed by atoms with Crippen LogP contribution in [0.25, 0.3) is 0 Å². The van der Waals surface area contributed by atoms with Crippen molar-refractivity contribution in [3.8, 4) is 5.75 Å². The molecule has 0 unspecified atom stereocenters. The van der Waals surface area contributed by atoms with E-state index in [1.807, 2.05) is 18.2 Å². The minimum atomic E-state index is -1.03. The minimum Gasteiger partial charge on any atom is -0.478 e. The van der Waals surface area contributed by atoms with Crippen molar-refractivity contribution in [3.05, 3.63) is 54.3 Å². The van der Waals surface area contributed by atoms with E-state index in [2.05, 4.69) is 16.2 Å². The monoisotopic (exact) mass is 403 g/mol. The number of fused-ring (bicyclic) bond motifs is 1. The Morgan fingerprint density at radius 1 is 1.18 bits per heavy atom. The Labute approximate surface area is 165 Å². The Kier molecular flexibility index (Phi) is 6.15. The van der Waals surface area contributed by atoms with Gasteiger partial charge < -0.3 is 10.1 Å². The zero-order valence-corrected chi connectivity index (χ0v) is 15.7. The molecule has 3 amide bonds. The second-order valence-electron chi connectivity index (χ2n) is 6.02. The first-order valence-corrected chi connectivity index (χ1v) is 9.38. The zero-order chi connectivity index (χ0) is 20.1. The van der Waals surface area contributed by atoms with E-state index in [0.717, 1.165) is 4.90 Å². The number of anilines is 1. The van der Waals surface area contributed by atoms with Crippen molar-refractivity contribution in [2.24, 2.45) is 0 Å². The number of halogens is 1. The highest BCUT2D eigenvalue weighted by Gasteiger charge is 2.29. The van der Waals surface area contributed by atoms with Crippen LogP contribution in [0.3, 0.4) is 0 Å². The molecule has 3 rings (SSSR count). The first kappa shape index (κ1) is 19.7. The number of carbonyl (C=O) groups is 3. The number of benzene rings is 2. The molecule has 0 saturated heterocycles. The van der Waals surface area contributed by atoms with Gasteiger partial charge in [0.2, 0.25) is 11.8 Å². The summed E-state index contributed by atoms with van der Waals surface area (Å²) in [5.41, 5.74) is 5.18. The maximum absolute atomic E-state index is 13.6. The first-order valence-electron chi connectivity index (χ1n) is 8.50. The quantitative estimate of drug-likeness (QED) is 0.666. The molecule has 1 aliphatic heterocycles. The molecule has 2 aromatic carbocycles. The maximum Gasteiger partial charge on any atom is 0.279 e. The van der Waals surface area contributed by atoms with Gasteiger partial charge in [0.05, 0.1) is 10.9 Å². The topological polar surface area (TPSA) is 96.5 Å². The summed E-state index contributed by atoms with van der Waals surface area (Å²) in [6.07, 6.45) is -1.15. The molecule has 0 aliphatic carbocycles. The molecule has 28 heavy (non-hydrogen) atoms. The summed E-state index contributed by atoms with van der Waals surface area (Å²) < 4.78 is 18.8. The van der Waals surface area contributed by atoms with Crippen LogP contribution in [0.5, 0.6) is 5.75 Å². The lowest BCUT2D eigenvalue weighted by Crippen LogP contribution is -2.48. The third-order valence-corrected chi connectivity index (χ3v) is 5.19. The van der Waals surface area contributed by atoms with Gasteiger partial charge in [0.25, 0.3) is 5.91 Å². The summed E-state index contributed by atoms with van der Waals surface area (Å²) in [7, 11) is 0. The van der Waals surface area contributed by atoms with Gasteiger partial charge in [-0.1, -0.05) is 24.3 Å². The van der Waals surface area contributed by atoms with Crippen LogP contribution in [-0.2, 0) is 14.4 Å². The summed E-state index contributed by atoms with van der Waals surface area (Å²) in [6.45, 7) is 1.43. The predicted octanol–water partition coefficient (Wildman–Crippen LogP) is 2.24. The molecule has 7 nitrogen and oxygen atoms in total. The normalized spacial score (nSPS) is 16.4. The highest BCUT2D eigenvalue weighted by molar-refractivity contribution is 8.01. The molecule has 0 saturated carbocycles. The summed E-state index contributed by atoms with van der Waals surface area (Å²) in [6, 6.07) is 13.0. The van der Waals surface area contributed by atoms with Crippen LogP contribution >= 0.6 is 11.8 Å². The lowest BCUT2D eigenvalue weighted by atomic mass is 10.2. The molecule has 1 heterocycles. The Bertz CT molecular complexity index is 908. The number of hydrogen-bond donors (Lipinski definition) is 3. The largest absolute Gasteiger partial charge is 0.478 e. The molecule has 0 spiro atoms. The SMILES string of the molecule is C[C@@H](Oc1ccccc1F)C(=O)NNC(=O)C[C@H]1Sc2ccccc2NC1=O. The third kappa shape index (κ3) is 4.80. The summed E-state index contributed by atoms with van der Waals surface area (Å²) in [5, 5.41) is 2.14. The molecule has 0 fully saturated rings. The van der Waals surface area contributed by atoms with E-state index in [1.54, 1.807) is 12.1 Å². The molecule has 0 aromatic heterocycles. The lowest BCUT2D eigenvalue weighted by molar-refractivity contribution is -0.133. The molecule has 9 heteroatoms. The molecule has 0 radical (unpaired) electrons. The van der Waals surface area contributed by atoms with Crippen molar-refractivity contribution < 1.29 is 23.5 Å². The van der Waals surface area contributed by atoms with Gasteiger partial charge in [-0.25, -0.2) is 4.39 Å². The van der Waals surface area contributed by atoms with Crippen LogP contribution in [-0.4, -0.2) is 29.1 Å². The molecule has 2 atom stereocenters. The van der Waals surface area contributed by atoms with Crippen molar-refractivity contribution in [2.45, 2.75) is 29.6 Å². The summed E-state index contributed by atoms with van der Waals surface area (Å²) in [4.78, 5) is 37.1. The molecule has 0 bridgehead atoms. The van der Waals surface area contributed by atoms with Gasteiger partial charge in [0.15, 0.2) is 17.7 Å². The number of carbonyl (C=O) groups excluding carboxylic acids is 3. The number of hydrogen-bond acceptors (Lipinski definition) is 5.